The Morgan fingerprint density at radius 1 is 1.58 bits per heavy atom. The summed E-state index contributed by atoms with van der Waals surface area (Å²) in [5, 5.41) is 16.9. The molecule has 0 aliphatic rings. The molecular weight excluding hydrogens is 178 g/mol. The summed E-state index contributed by atoms with van der Waals surface area (Å²) in [6.45, 7) is 0. The van der Waals surface area contributed by atoms with E-state index in [4.69, 9.17) is 22.0 Å². The van der Waals surface area contributed by atoms with Gasteiger partial charge in [0, 0.05) is 0 Å². The molecule has 0 atom stereocenters. The Hall–Kier alpha value is -1.53. The second kappa shape index (κ2) is 3.24. The van der Waals surface area contributed by atoms with Crippen LogP contribution in [0.1, 0.15) is 15.9 Å². The van der Waals surface area contributed by atoms with Crippen molar-refractivity contribution in [2.75, 3.05) is 0 Å². The molecule has 3 nitrogen and oxygen atoms in total. The van der Waals surface area contributed by atoms with Crippen molar-refractivity contribution in [3.05, 3.63) is 29.3 Å². The van der Waals surface area contributed by atoms with Crippen molar-refractivity contribution in [3.8, 4) is 11.8 Å². The standard InChI is InChI=1S/C8H4ClNO2/c9-8(12)5-2-1-3-7(11)6(5)4-10/h1-3,11H. The number of rotatable bonds is 1. The van der Waals surface area contributed by atoms with Gasteiger partial charge in [-0.2, -0.15) is 5.26 Å². The van der Waals surface area contributed by atoms with Crippen LogP contribution < -0.4 is 0 Å². The molecule has 0 aromatic heterocycles. The SMILES string of the molecule is N#Cc1c(O)cccc1C(=O)Cl. The smallest absolute Gasteiger partial charge is 0.253 e. The minimum Gasteiger partial charge on any atom is -0.507 e. The van der Waals surface area contributed by atoms with Crippen LogP contribution in [0.4, 0.5) is 0 Å². The van der Waals surface area contributed by atoms with Gasteiger partial charge in [-0.3, -0.25) is 4.79 Å². The molecule has 1 rings (SSSR count). The lowest BCUT2D eigenvalue weighted by molar-refractivity contribution is 0.108. The monoisotopic (exact) mass is 181 g/mol. The number of carbonyl (C=O) groups excluding carboxylic acids is 1. The molecular formula is C8H4ClNO2. The second-order valence-electron chi connectivity index (χ2n) is 2.09. The van der Waals surface area contributed by atoms with E-state index in [-0.39, 0.29) is 16.9 Å². The number of nitrogens with zero attached hydrogens (tertiary/aromatic N) is 1. The molecule has 0 heterocycles. The summed E-state index contributed by atoms with van der Waals surface area (Å²) in [6, 6.07) is 5.84. The predicted octanol–water partition coefficient (Wildman–Crippen LogP) is 1.64. The fraction of sp³-hybridized carbons (Fsp3) is 0. The maximum atomic E-state index is 10.7. The number of carbonyl (C=O) groups is 1. The van der Waals surface area contributed by atoms with Gasteiger partial charge in [0.05, 0.1) is 5.56 Å². The summed E-state index contributed by atoms with van der Waals surface area (Å²) >= 11 is 5.16. The largest absolute Gasteiger partial charge is 0.507 e. The van der Waals surface area contributed by atoms with Crippen molar-refractivity contribution < 1.29 is 9.90 Å². The van der Waals surface area contributed by atoms with E-state index in [0.717, 1.165) is 0 Å². The van der Waals surface area contributed by atoms with Crippen LogP contribution in [-0.4, -0.2) is 10.3 Å². The highest BCUT2D eigenvalue weighted by atomic mass is 35.5. The quantitative estimate of drug-likeness (QED) is 0.670. The zero-order valence-electron chi connectivity index (χ0n) is 5.91. The molecule has 0 saturated heterocycles. The molecule has 0 spiro atoms. The average Bonchev–Trinajstić information content (AvgIpc) is 2.03. The number of hydrogen-bond donors (Lipinski definition) is 1. The molecule has 1 aromatic carbocycles. The molecule has 0 saturated carbocycles. The third-order valence-electron chi connectivity index (χ3n) is 1.37. The summed E-state index contributed by atoms with van der Waals surface area (Å²) in [6.07, 6.45) is 0. The van der Waals surface area contributed by atoms with Crippen LogP contribution in [0.25, 0.3) is 0 Å². The van der Waals surface area contributed by atoms with Crippen molar-refractivity contribution in [3.63, 3.8) is 0 Å². The van der Waals surface area contributed by atoms with E-state index < -0.39 is 5.24 Å². The first-order valence-corrected chi connectivity index (χ1v) is 3.46. The molecule has 1 N–H and O–H groups in total. The number of hydrogen-bond acceptors (Lipinski definition) is 3. The molecule has 0 aliphatic carbocycles. The lowest BCUT2D eigenvalue weighted by Crippen LogP contribution is -1.93. The Kier molecular flexibility index (Phi) is 2.32. The van der Waals surface area contributed by atoms with E-state index in [0.29, 0.717) is 0 Å². The van der Waals surface area contributed by atoms with Crippen LogP contribution in [0, 0.1) is 11.3 Å². The van der Waals surface area contributed by atoms with Crippen LogP contribution >= 0.6 is 11.6 Å². The topological polar surface area (TPSA) is 61.1 Å². The Morgan fingerprint density at radius 2 is 2.25 bits per heavy atom. The summed E-state index contributed by atoms with van der Waals surface area (Å²) in [5.74, 6) is -0.232. The third kappa shape index (κ3) is 1.39. The summed E-state index contributed by atoms with van der Waals surface area (Å²) in [5.41, 5.74) is -0.0586. The first-order chi connectivity index (χ1) is 5.66. The van der Waals surface area contributed by atoms with E-state index in [1.165, 1.54) is 18.2 Å². The van der Waals surface area contributed by atoms with E-state index in [1.807, 2.05) is 0 Å². The highest BCUT2D eigenvalue weighted by Crippen LogP contribution is 2.20. The molecule has 0 amide bonds. The molecule has 0 radical (unpaired) electrons. The van der Waals surface area contributed by atoms with E-state index in [1.54, 1.807) is 6.07 Å². The van der Waals surface area contributed by atoms with E-state index in [2.05, 4.69) is 0 Å². The van der Waals surface area contributed by atoms with Crippen LogP contribution in [0.15, 0.2) is 18.2 Å². The van der Waals surface area contributed by atoms with Crippen molar-refractivity contribution in [2.24, 2.45) is 0 Å². The normalized spacial score (nSPS) is 9.00. The molecule has 60 valence electrons. The van der Waals surface area contributed by atoms with E-state index in [9.17, 15) is 4.79 Å². The number of benzene rings is 1. The van der Waals surface area contributed by atoms with Crippen molar-refractivity contribution in [1.82, 2.24) is 0 Å². The van der Waals surface area contributed by atoms with Gasteiger partial charge in [0.15, 0.2) is 0 Å². The minimum atomic E-state index is -0.748. The number of halogens is 1. The van der Waals surface area contributed by atoms with Crippen LogP contribution in [0.3, 0.4) is 0 Å². The van der Waals surface area contributed by atoms with Gasteiger partial charge in [-0.25, -0.2) is 0 Å². The first-order valence-electron chi connectivity index (χ1n) is 3.08. The highest BCUT2D eigenvalue weighted by Gasteiger charge is 2.11. The van der Waals surface area contributed by atoms with Crippen LogP contribution in [0.2, 0.25) is 0 Å². The molecule has 12 heavy (non-hydrogen) atoms. The van der Waals surface area contributed by atoms with Gasteiger partial charge in [0.1, 0.15) is 17.4 Å². The summed E-state index contributed by atoms with van der Waals surface area (Å²) < 4.78 is 0. The minimum absolute atomic E-state index is 0.0270. The zero-order chi connectivity index (χ0) is 9.14. The Bertz CT molecular complexity index is 368. The maximum absolute atomic E-state index is 10.7. The van der Waals surface area contributed by atoms with Crippen molar-refractivity contribution in [2.45, 2.75) is 0 Å². The Labute approximate surface area is 73.8 Å². The van der Waals surface area contributed by atoms with Gasteiger partial charge in [-0.15, -0.1) is 0 Å². The first kappa shape index (κ1) is 8.57. The van der Waals surface area contributed by atoms with Gasteiger partial charge >= 0.3 is 0 Å². The van der Waals surface area contributed by atoms with Gasteiger partial charge in [0.25, 0.3) is 5.24 Å². The van der Waals surface area contributed by atoms with Crippen molar-refractivity contribution >= 4 is 16.8 Å². The Morgan fingerprint density at radius 3 is 2.67 bits per heavy atom. The highest BCUT2D eigenvalue weighted by molar-refractivity contribution is 6.68. The van der Waals surface area contributed by atoms with Gasteiger partial charge in [-0.1, -0.05) is 6.07 Å². The fourth-order valence-corrected chi connectivity index (χ4v) is 0.979. The predicted molar refractivity (Wildman–Crippen MR) is 43.0 cm³/mol. The molecule has 1 aromatic rings. The van der Waals surface area contributed by atoms with Gasteiger partial charge < -0.3 is 5.11 Å². The maximum Gasteiger partial charge on any atom is 0.253 e. The molecule has 4 heteroatoms. The molecule has 0 aliphatic heterocycles. The van der Waals surface area contributed by atoms with Gasteiger partial charge in [-0.05, 0) is 23.7 Å². The second-order valence-corrected chi connectivity index (χ2v) is 2.43. The van der Waals surface area contributed by atoms with Crippen LogP contribution in [-0.2, 0) is 0 Å². The van der Waals surface area contributed by atoms with Gasteiger partial charge in [0.2, 0.25) is 0 Å². The fourth-order valence-electron chi connectivity index (χ4n) is 0.821. The molecule has 0 unspecified atom stereocenters. The Balaban J connectivity index is 3.40. The number of nitriles is 1. The molecule has 0 fully saturated rings. The zero-order valence-corrected chi connectivity index (χ0v) is 6.67. The third-order valence-corrected chi connectivity index (χ3v) is 1.57. The average molecular weight is 182 g/mol. The summed E-state index contributed by atoms with van der Waals surface area (Å²) in [7, 11) is 0. The number of phenols is 1. The lowest BCUT2D eigenvalue weighted by Gasteiger charge is -1.98. The number of aromatic hydroxyl groups is 1. The number of phenolic OH excluding ortho intramolecular Hbond substituents is 1. The summed E-state index contributed by atoms with van der Waals surface area (Å²) in [4.78, 5) is 10.7. The molecule has 0 bridgehead atoms. The van der Waals surface area contributed by atoms with Crippen LogP contribution in [0.5, 0.6) is 5.75 Å². The van der Waals surface area contributed by atoms with Crippen molar-refractivity contribution in [1.29, 1.82) is 5.26 Å². The lowest BCUT2D eigenvalue weighted by atomic mass is 10.1. The van der Waals surface area contributed by atoms with E-state index >= 15 is 0 Å².